The van der Waals surface area contributed by atoms with Crippen LogP contribution in [0.3, 0.4) is 0 Å². The van der Waals surface area contributed by atoms with Gasteiger partial charge in [-0.25, -0.2) is 0 Å². The first-order chi connectivity index (χ1) is 7.49. The first-order valence-corrected chi connectivity index (χ1v) is 4.98. The molecule has 1 aromatic rings. The number of hydrogen-bond acceptors (Lipinski definition) is 5. The van der Waals surface area contributed by atoms with Gasteiger partial charge in [0.15, 0.2) is 0 Å². The van der Waals surface area contributed by atoms with Crippen LogP contribution in [-0.2, 0) is 0 Å². The van der Waals surface area contributed by atoms with Crippen molar-refractivity contribution in [1.82, 2.24) is 0 Å². The van der Waals surface area contributed by atoms with Gasteiger partial charge in [-0.15, -0.1) is 12.4 Å². The summed E-state index contributed by atoms with van der Waals surface area (Å²) in [4.78, 5) is 10.1. The number of phenolic OH excluding ortho intramolecular Hbond substituents is 1. The summed E-state index contributed by atoms with van der Waals surface area (Å²) in [6, 6.07) is 1.77. The Labute approximate surface area is 109 Å². The molecule has 0 bridgehead atoms. The van der Waals surface area contributed by atoms with E-state index in [4.69, 9.17) is 23.1 Å². The molecule has 0 aliphatic rings. The van der Waals surface area contributed by atoms with Crippen LogP contribution in [0.2, 0.25) is 5.02 Å². The molecular formula is C9H13Cl2N3O3. The molecular weight excluding hydrogens is 269 g/mol. The minimum Gasteiger partial charge on any atom is -0.506 e. The minimum atomic E-state index is -0.705. The molecule has 1 atom stereocenters. The molecule has 0 fully saturated rings. The topological polar surface area (TPSA) is 115 Å². The van der Waals surface area contributed by atoms with Crippen molar-refractivity contribution in [3.05, 3.63) is 32.8 Å². The summed E-state index contributed by atoms with van der Waals surface area (Å²) in [6.07, 6.45) is 0.328. The highest BCUT2D eigenvalue weighted by molar-refractivity contribution is 6.32. The largest absolute Gasteiger partial charge is 0.506 e. The second-order valence-corrected chi connectivity index (χ2v) is 3.68. The van der Waals surface area contributed by atoms with Crippen molar-refractivity contribution in [2.24, 2.45) is 11.5 Å². The Morgan fingerprint density at radius 1 is 1.53 bits per heavy atom. The van der Waals surface area contributed by atoms with Crippen molar-refractivity contribution in [2.75, 3.05) is 6.54 Å². The summed E-state index contributed by atoms with van der Waals surface area (Å²) < 4.78 is 0. The normalized spacial score (nSPS) is 11.7. The predicted molar refractivity (Wildman–Crippen MR) is 67.6 cm³/mol. The maximum absolute atomic E-state index is 10.8. The third kappa shape index (κ3) is 3.44. The average Bonchev–Trinajstić information content (AvgIpc) is 2.21. The molecule has 6 nitrogen and oxygen atoms in total. The molecule has 0 aliphatic heterocycles. The molecule has 0 unspecified atom stereocenters. The van der Waals surface area contributed by atoms with E-state index in [9.17, 15) is 15.2 Å². The van der Waals surface area contributed by atoms with E-state index in [1.54, 1.807) is 0 Å². The van der Waals surface area contributed by atoms with Gasteiger partial charge < -0.3 is 16.6 Å². The van der Waals surface area contributed by atoms with Gasteiger partial charge in [-0.3, -0.25) is 10.1 Å². The molecule has 0 aromatic heterocycles. The molecule has 0 amide bonds. The third-order valence-electron chi connectivity index (χ3n) is 2.19. The Morgan fingerprint density at radius 2 is 2.12 bits per heavy atom. The van der Waals surface area contributed by atoms with E-state index in [2.05, 4.69) is 0 Å². The summed E-state index contributed by atoms with van der Waals surface area (Å²) >= 11 is 5.68. The summed E-state index contributed by atoms with van der Waals surface area (Å²) in [5.41, 5.74) is 10.8. The Hall–Kier alpha value is -1.08. The van der Waals surface area contributed by atoms with E-state index in [0.29, 0.717) is 6.42 Å². The third-order valence-corrected chi connectivity index (χ3v) is 2.49. The van der Waals surface area contributed by atoms with Gasteiger partial charge in [0.05, 0.1) is 15.5 Å². The number of benzene rings is 1. The van der Waals surface area contributed by atoms with Crippen LogP contribution in [0.15, 0.2) is 12.1 Å². The van der Waals surface area contributed by atoms with Crippen LogP contribution < -0.4 is 11.5 Å². The lowest BCUT2D eigenvalue weighted by molar-refractivity contribution is -0.385. The maximum atomic E-state index is 10.8. The van der Waals surface area contributed by atoms with E-state index in [1.165, 1.54) is 12.1 Å². The van der Waals surface area contributed by atoms with Gasteiger partial charge in [0.2, 0.25) is 0 Å². The van der Waals surface area contributed by atoms with E-state index >= 15 is 0 Å². The molecule has 96 valence electrons. The summed E-state index contributed by atoms with van der Waals surface area (Å²) in [5.74, 6) is -0.350. The molecule has 1 rings (SSSR count). The zero-order chi connectivity index (χ0) is 12.3. The number of hydrogen-bond donors (Lipinski definition) is 3. The summed E-state index contributed by atoms with van der Waals surface area (Å²) in [5, 5.41) is 20.5. The number of nitrogens with zero attached hydrogens (tertiary/aromatic N) is 1. The standard InChI is InChI=1S/C9H12ClN3O3.ClH/c10-5-1-2-7(13(15)16)8(9(5)14)6(12)3-4-11;/h1-2,6,14H,3-4,11-12H2;1H/t6-;/m0./s1. The average molecular weight is 282 g/mol. The SMILES string of the molecule is Cl.NCC[C@H](N)c1c([N+](=O)[O-])ccc(Cl)c1O. The zero-order valence-corrected chi connectivity index (χ0v) is 10.4. The van der Waals surface area contributed by atoms with Crippen LogP contribution in [0.4, 0.5) is 5.69 Å². The fraction of sp³-hybridized carbons (Fsp3) is 0.333. The molecule has 0 aliphatic carbocycles. The van der Waals surface area contributed by atoms with Crippen LogP contribution in [0.25, 0.3) is 0 Å². The number of aromatic hydroxyl groups is 1. The van der Waals surface area contributed by atoms with E-state index in [1.807, 2.05) is 0 Å². The van der Waals surface area contributed by atoms with Crippen LogP contribution in [0.5, 0.6) is 5.75 Å². The van der Waals surface area contributed by atoms with E-state index in [0.717, 1.165) is 0 Å². The van der Waals surface area contributed by atoms with Crippen LogP contribution in [0, 0.1) is 10.1 Å². The second-order valence-electron chi connectivity index (χ2n) is 3.27. The molecule has 0 saturated carbocycles. The van der Waals surface area contributed by atoms with Crippen LogP contribution in [0.1, 0.15) is 18.0 Å². The Bertz CT molecular complexity index is 415. The molecule has 0 saturated heterocycles. The summed E-state index contributed by atoms with van der Waals surface area (Å²) in [7, 11) is 0. The van der Waals surface area contributed by atoms with Gasteiger partial charge in [-0.1, -0.05) is 11.6 Å². The molecule has 17 heavy (non-hydrogen) atoms. The van der Waals surface area contributed by atoms with Gasteiger partial charge in [0, 0.05) is 12.1 Å². The van der Waals surface area contributed by atoms with Crippen molar-refractivity contribution >= 4 is 29.7 Å². The lowest BCUT2D eigenvalue weighted by Gasteiger charge is -2.13. The molecule has 1 aromatic carbocycles. The maximum Gasteiger partial charge on any atom is 0.277 e. The summed E-state index contributed by atoms with van der Waals surface area (Å²) in [6.45, 7) is 0.268. The Kier molecular flexibility index (Phi) is 6.19. The van der Waals surface area contributed by atoms with Gasteiger partial charge in [0.1, 0.15) is 5.75 Å². The number of phenols is 1. The molecule has 5 N–H and O–H groups in total. The smallest absolute Gasteiger partial charge is 0.277 e. The fourth-order valence-corrected chi connectivity index (χ4v) is 1.58. The number of rotatable bonds is 4. The molecule has 8 heteroatoms. The van der Waals surface area contributed by atoms with Crippen molar-refractivity contribution < 1.29 is 10.0 Å². The monoisotopic (exact) mass is 281 g/mol. The highest BCUT2D eigenvalue weighted by atomic mass is 35.5. The highest BCUT2D eigenvalue weighted by Crippen LogP contribution is 2.38. The zero-order valence-electron chi connectivity index (χ0n) is 8.80. The Morgan fingerprint density at radius 3 is 2.59 bits per heavy atom. The number of halogens is 2. The first-order valence-electron chi connectivity index (χ1n) is 4.60. The van der Waals surface area contributed by atoms with Gasteiger partial charge >= 0.3 is 0 Å². The molecule has 0 radical (unpaired) electrons. The van der Waals surface area contributed by atoms with E-state index in [-0.39, 0.29) is 41.0 Å². The first kappa shape index (κ1) is 15.9. The van der Waals surface area contributed by atoms with Crippen LogP contribution in [-0.4, -0.2) is 16.6 Å². The fourth-order valence-electron chi connectivity index (χ4n) is 1.42. The Balaban J connectivity index is 0.00000256. The quantitative estimate of drug-likeness (QED) is 0.574. The van der Waals surface area contributed by atoms with Gasteiger partial charge in [-0.2, -0.15) is 0 Å². The van der Waals surface area contributed by atoms with Crippen molar-refractivity contribution in [2.45, 2.75) is 12.5 Å². The molecule has 0 heterocycles. The van der Waals surface area contributed by atoms with Gasteiger partial charge in [-0.05, 0) is 19.0 Å². The van der Waals surface area contributed by atoms with Gasteiger partial charge in [0.25, 0.3) is 5.69 Å². The minimum absolute atomic E-state index is 0. The van der Waals surface area contributed by atoms with Crippen molar-refractivity contribution in [1.29, 1.82) is 0 Å². The van der Waals surface area contributed by atoms with Crippen molar-refractivity contribution in [3.63, 3.8) is 0 Å². The second kappa shape index (κ2) is 6.61. The van der Waals surface area contributed by atoms with Crippen LogP contribution >= 0.6 is 24.0 Å². The predicted octanol–water partition coefficient (Wildman–Crippen LogP) is 1.72. The lowest BCUT2D eigenvalue weighted by Crippen LogP contribution is -2.17. The molecule has 0 spiro atoms. The van der Waals surface area contributed by atoms with Crippen molar-refractivity contribution in [3.8, 4) is 5.75 Å². The number of nitro benzene ring substituents is 1. The highest BCUT2D eigenvalue weighted by Gasteiger charge is 2.24. The van der Waals surface area contributed by atoms with E-state index < -0.39 is 11.0 Å². The number of nitrogens with two attached hydrogens (primary N) is 2. The lowest BCUT2D eigenvalue weighted by atomic mass is 10.0. The number of nitro groups is 1.